The van der Waals surface area contributed by atoms with Crippen LogP contribution in [-0.4, -0.2) is 38.5 Å². The molecule has 1 aliphatic heterocycles. The van der Waals surface area contributed by atoms with Crippen molar-refractivity contribution < 1.29 is 9.47 Å². The van der Waals surface area contributed by atoms with Crippen LogP contribution in [0.4, 0.5) is 0 Å². The van der Waals surface area contributed by atoms with Gasteiger partial charge in [-0.05, 0) is 56.9 Å². The van der Waals surface area contributed by atoms with Crippen molar-refractivity contribution in [2.45, 2.75) is 64.5 Å². The normalized spacial score (nSPS) is 35.7. The van der Waals surface area contributed by atoms with Crippen molar-refractivity contribution in [3.63, 3.8) is 0 Å². The summed E-state index contributed by atoms with van der Waals surface area (Å²) in [5, 5.41) is 3.71. The smallest absolute Gasteiger partial charge is 0.0809 e. The van der Waals surface area contributed by atoms with E-state index >= 15 is 0 Å². The molecule has 2 aliphatic rings. The summed E-state index contributed by atoms with van der Waals surface area (Å²) in [6.45, 7) is 8.44. The number of nitrogens with one attached hydrogen (secondary N) is 1. The number of rotatable bonds is 7. The molecule has 19 heavy (non-hydrogen) atoms. The Hall–Kier alpha value is -0.120. The fraction of sp³-hybridized carbons (Fsp3) is 1.00. The van der Waals surface area contributed by atoms with E-state index in [0.717, 1.165) is 50.7 Å². The molecule has 0 aromatic heterocycles. The largest absolute Gasteiger partial charge is 0.379 e. The molecule has 1 aliphatic carbocycles. The molecular formula is C16H31NO2. The minimum absolute atomic E-state index is 0.368. The van der Waals surface area contributed by atoms with Crippen molar-refractivity contribution in [1.29, 1.82) is 0 Å². The van der Waals surface area contributed by atoms with E-state index < -0.39 is 0 Å². The van der Waals surface area contributed by atoms with Crippen molar-refractivity contribution in [1.82, 2.24) is 5.32 Å². The third-order valence-corrected chi connectivity index (χ3v) is 4.63. The average Bonchev–Trinajstić information content (AvgIpc) is 2.89. The second kappa shape index (κ2) is 8.23. The molecule has 2 fully saturated rings. The molecule has 1 heterocycles. The first-order chi connectivity index (χ1) is 9.25. The van der Waals surface area contributed by atoms with Gasteiger partial charge in [-0.15, -0.1) is 0 Å². The molecule has 4 unspecified atom stereocenters. The highest BCUT2D eigenvalue weighted by atomic mass is 16.5. The highest BCUT2D eigenvalue weighted by Crippen LogP contribution is 2.28. The van der Waals surface area contributed by atoms with Gasteiger partial charge in [0.05, 0.1) is 12.7 Å². The second-order valence-electron chi connectivity index (χ2n) is 6.52. The third-order valence-electron chi connectivity index (χ3n) is 4.63. The molecule has 0 spiro atoms. The average molecular weight is 269 g/mol. The van der Waals surface area contributed by atoms with Crippen LogP contribution in [0.2, 0.25) is 0 Å². The minimum Gasteiger partial charge on any atom is -0.379 e. The van der Waals surface area contributed by atoms with E-state index in [2.05, 4.69) is 19.2 Å². The van der Waals surface area contributed by atoms with Crippen molar-refractivity contribution >= 4 is 0 Å². The summed E-state index contributed by atoms with van der Waals surface area (Å²) >= 11 is 0. The quantitative estimate of drug-likeness (QED) is 0.721. The first-order valence-corrected chi connectivity index (χ1v) is 8.18. The molecule has 0 amide bonds. The maximum atomic E-state index is 5.69. The summed E-state index contributed by atoms with van der Waals surface area (Å²) in [6, 6.07) is 0.731. The summed E-state index contributed by atoms with van der Waals surface area (Å²) < 4.78 is 11.2. The molecule has 0 aromatic rings. The molecular weight excluding hydrogens is 238 g/mol. The maximum Gasteiger partial charge on any atom is 0.0809 e. The van der Waals surface area contributed by atoms with Crippen LogP contribution in [0.1, 0.15) is 52.4 Å². The third kappa shape index (κ3) is 5.41. The Labute approximate surface area is 118 Å². The molecule has 1 saturated heterocycles. The Bertz CT molecular complexity index is 241. The lowest BCUT2D eigenvalue weighted by Crippen LogP contribution is -2.39. The van der Waals surface area contributed by atoms with Crippen LogP contribution in [0.25, 0.3) is 0 Å². The van der Waals surface area contributed by atoms with Crippen molar-refractivity contribution in [2.75, 3.05) is 26.4 Å². The van der Waals surface area contributed by atoms with E-state index in [4.69, 9.17) is 9.47 Å². The lowest BCUT2D eigenvalue weighted by molar-refractivity contribution is 0.0163. The van der Waals surface area contributed by atoms with Gasteiger partial charge >= 0.3 is 0 Å². The monoisotopic (exact) mass is 269 g/mol. The fourth-order valence-corrected chi connectivity index (χ4v) is 3.42. The highest BCUT2D eigenvalue weighted by Gasteiger charge is 2.24. The Morgan fingerprint density at radius 2 is 2.11 bits per heavy atom. The summed E-state index contributed by atoms with van der Waals surface area (Å²) in [7, 11) is 0. The molecule has 2 rings (SSSR count). The van der Waals surface area contributed by atoms with Gasteiger partial charge in [-0.2, -0.15) is 0 Å². The predicted molar refractivity (Wildman–Crippen MR) is 78.4 cm³/mol. The topological polar surface area (TPSA) is 30.5 Å². The number of ether oxygens (including phenoxy) is 2. The van der Waals surface area contributed by atoms with E-state index in [1.54, 1.807) is 0 Å². The van der Waals surface area contributed by atoms with Gasteiger partial charge in [-0.1, -0.05) is 13.8 Å². The molecule has 3 nitrogen and oxygen atoms in total. The van der Waals surface area contributed by atoms with Crippen LogP contribution in [0.5, 0.6) is 0 Å². The van der Waals surface area contributed by atoms with E-state index in [-0.39, 0.29) is 0 Å². The zero-order chi connectivity index (χ0) is 13.5. The lowest BCUT2D eigenvalue weighted by Gasteiger charge is -2.33. The summed E-state index contributed by atoms with van der Waals surface area (Å²) in [4.78, 5) is 0. The molecule has 1 saturated carbocycles. The van der Waals surface area contributed by atoms with E-state index in [9.17, 15) is 0 Å². The second-order valence-corrected chi connectivity index (χ2v) is 6.52. The van der Waals surface area contributed by atoms with Gasteiger partial charge < -0.3 is 14.8 Å². The molecule has 4 atom stereocenters. The Morgan fingerprint density at radius 1 is 1.21 bits per heavy atom. The first kappa shape index (κ1) is 15.3. The van der Waals surface area contributed by atoms with Gasteiger partial charge in [-0.25, -0.2) is 0 Å². The van der Waals surface area contributed by atoms with Crippen molar-refractivity contribution in [3.05, 3.63) is 0 Å². The van der Waals surface area contributed by atoms with Crippen LogP contribution in [0, 0.1) is 11.8 Å². The van der Waals surface area contributed by atoms with E-state index in [1.807, 2.05) is 0 Å². The fourth-order valence-electron chi connectivity index (χ4n) is 3.42. The Balaban J connectivity index is 1.45. The zero-order valence-corrected chi connectivity index (χ0v) is 12.7. The van der Waals surface area contributed by atoms with Gasteiger partial charge in [0.1, 0.15) is 0 Å². The molecule has 0 aromatic carbocycles. The molecule has 3 heteroatoms. The molecule has 1 N–H and O–H groups in total. The summed E-state index contributed by atoms with van der Waals surface area (Å²) in [5.74, 6) is 1.75. The van der Waals surface area contributed by atoms with Gasteiger partial charge in [0.25, 0.3) is 0 Å². The van der Waals surface area contributed by atoms with Gasteiger partial charge in [0, 0.05) is 19.3 Å². The maximum absolute atomic E-state index is 5.69. The van der Waals surface area contributed by atoms with E-state index in [1.165, 1.54) is 32.1 Å². The molecule has 0 bridgehead atoms. The Morgan fingerprint density at radius 3 is 2.84 bits per heavy atom. The lowest BCUT2D eigenvalue weighted by atomic mass is 9.80. The number of hydrogen-bond acceptors (Lipinski definition) is 3. The number of hydrogen-bond donors (Lipinski definition) is 1. The molecule has 112 valence electrons. The van der Waals surface area contributed by atoms with Crippen LogP contribution in [0.15, 0.2) is 0 Å². The predicted octanol–water partition coefficient (Wildman–Crippen LogP) is 2.99. The van der Waals surface area contributed by atoms with Crippen molar-refractivity contribution in [3.8, 4) is 0 Å². The summed E-state index contributed by atoms with van der Waals surface area (Å²) in [5.41, 5.74) is 0. The zero-order valence-electron chi connectivity index (χ0n) is 12.7. The van der Waals surface area contributed by atoms with Crippen LogP contribution in [0.3, 0.4) is 0 Å². The SMILES string of the molecule is CC1CCC(NCCCOCC2CCCO2)C(C)C1. The van der Waals surface area contributed by atoms with Crippen LogP contribution in [-0.2, 0) is 9.47 Å². The van der Waals surface area contributed by atoms with Crippen molar-refractivity contribution in [2.24, 2.45) is 11.8 Å². The van der Waals surface area contributed by atoms with Gasteiger partial charge in [-0.3, -0.25) is 0 Å². The first-order valence-electron chi connectivity index (χ1n) is 8.18. The summed E-state index contributed by atoms with van der Waals surface area (Å²) in [6.07, 6.45) is 7.98. The molecule has 0 radical (unpaired) electrons. The Kier molecular flexibility index (Phi) is 6.62. The van der Waals surface area contributed by atoms with Crippen LogP contribution >= 0.6 is 0 Å². The van der Waals surface area contributed by atoms with Crippen LogP contribution < -0.4 is 5.32 Å². The highest BCUT2D eigenvalue weighted by molar-refractivity contribution is 4.80. The van der Waals surface area contributed by atoms with Gasteiger partial charge in [0.15, 0.2) is 0 Å². The van der Waals surface area contributed by atoms with Gasteiger partial charge in [0.2, 0.25) is 0 Å². The standard InChI is InChI=1S/C16H31NO2/c1-13-6-7-16(14(2)11-13)17-8-4-9-18-12-15-5-3-10-19-15/h13-17H,3-12H2,1-2H3. The minimum atomic E-state index is 0.368. The van der Waals surface area contributed by atoms with E-state index in [0.29, 0.717) is 6.10 Å².